The van der Waals surface area contributed by atoms with Gasteiger partial charge in [-0.2, -0.15) is 0 Å². The molecule has 1 aliphatic rings. The zero-order valence-corrected chi connectivity index (χ0v) is 16.0. The Morgan fingerprint density at radius 2 is 1.73 bits per heavy atom. The van der Waals surface area contributed by atoms with Gasteiger partial charge in [-0.1, -0.05) is 30.3 Å². The standard InChI is InChI=1S/C19H22N2O3S2/c20-26(23,24)13-15-6-4-14(5-7-15)11-21-19(22)12-25-18-9-8-16-2-1-3-17(16)10-18/h4-10H,1-3,11-13H2,(H,21,22)(H2,20,23,24). The first-order chi connectivity index (χ1) is 12.4. The number of primary sulfonamides is 1. The molecule has 0 aromatic heterocycles. The molecule has 0 heterocycles. The molecule has 3 rings (SSSR count). The second-order valence-electron chi connectivity index (χ2n) is 6.47. The maximum absolute atomic E-state index is 12.1. The molecule has 26 heavy (non-hydrogen) atoms. The molecule has 7 heteroatoms. The maximum Gasteiger partial charge on any atom is 0.230 e. The average molecular weight is 391 g/mol. The van der Waals surface area contributed by atoms with E-state index in [0.717, 1.165) is 23.3 Å². The summed E-state index contributed by atoms with van der Waals surface area (Å²) in [5, 5.41) is 7.91. The maximum atomic E-state index is 12.1. The van der Waals surface area contributed by atoms with E-state index < -0.39 is 10.0 Å². The van der Waals surface area contributed by atoms with Crippen molar-refractivity contribution >= 4 is 27.7 Å². The van der Waals surface area contributed by atoms with Gasteiger partial charge in [0, 0.05) is 11.4 Å². The Kier molecular flexibility index (Phi) is 6.01. The van der Waals surface area contributed by atoms with E-state index in [4.69, 9.17) is 5.14 Å². The van der Waals surface area contributed by atoms with Crippen molar-refractivity contribution in [2.24, 2.45) is 5.14 Å². The van der Waals surface area contributed by atoms with E-state index in [1.165, 1.54) is 17.5 Å². The van der Waals surface area contributed by atoms with Crippen LogP contribution in [0.1, 0.15) is 28.7 Å². The van der Waals surface area contributed by atoms with Gasteiger partial charge < -0.3 is 5.32 Å². The number of hydrogen-bond acceptors (Lipinski definition) is 4. The highest BCUT2D eigenvalue weighted by molar-refractivity contribution is 8.00. The van der Waals surface area contributed by atoms with Crippen LogP contribution in [0.4, 0.5) is 0 Å². The molecule has 2 aromatic carbocycles. The molecular formula is C19H22N2O3S2. The Bertz CT molecular complexity index is 894. The van der Waals surface area contributed by atoms with Gasteiger partial charge in [-0.3, -0.25) is 4.79 Å². The van der Waals surface area contributed by atoms with Gasteiger partial charge in [0.1, 0.15) is 0 Å². The van der Waals surface area contributed by atoms with E-state index in [-0.39, 0.29) is 11.7 Å². The third kappa shape index (κ3) is 5.59. The molecule has 0 saturated carbocycles. The van der Waals surface area contributed by atoms with Crippen LogP contribution in [0.2, 0.25) is 0 Å². The lowest BCUT2D eigenvalue weighted by atomic mass is 10.1. The van der Waals surface area contributed by atoms with Gasteiger partial charge in [0.05, 0.1) is 11.5 Å². The van der Waals surface area contributed by atoms with Gasteiger partial charge in [0.15, 0.2) is 0 Å². The molecule has 138 valence electrons. The second kappa shape index (κ2) is 8.24. The molecule has 0 radical (unpaired) electrons. The van der Waals surface area contributed by atoms with Gasteiger partial charge in [0.25, 0.3) is 0 Å². The van der Waals surface area contributed by atoms with Crippen LogP contribution in [-0.4, -0.2) is 20.1 Å². The molecule has 0 aliphatic heterocycles. The lowest BCUT2D eigenvalue weighted by Gasteiger charge is -2.07. The van der Waals surface area contributed by atoms with E-state index in [2.05, 4.69) is 23.5 Å². The fourth-order valence-electron chi connectivity index (χ4n) is 3.02. The van der Waals surface area contributed by atoms with Crippen molar-refractivity contribution in [1.82, 2.24) is 5.32 Å². The lowest BCUT2D eigenvalue weighted by molar-refractivity contribution is -0.118. The summed E-state index contributed by atoms with van der Waals surface area (Å²) in [7, 11) is -3.53. The summed E-state index contributed by atoms with van der Waals surface area (Å²) in [6.45, 7) is 0.416. The number of aryl methyl sites for hydroxylation is 2. The molecular weight excluding hydrogens is 368 g/mol. The van der Waals surface area contributed by atoms with Crippen molar-refractivity contribution in [2.75, 3.05) is 5.75 Å². The van der Waals surface area contributed by atoms with Crippen LogP contribution in [0, 0.1) is 0 Å². The Balaban J connectivity index is 1.45. The molecule has 1 aliphatic carbocycles. The molecule has 2 aromatic rings. The zero-order chi connectivity index (χ0) is 18.6. The van der Waals surface area contributed by atoms with Crippen molar-refractivity contribution in [2.45, 2.75) is 36.5 Å². The van der Waals surface area contributed by atoms with E-state index in [0.29, 0.717) is 17.9 Å². The van der Waals surface area contributed by atoms with Gasteiger partial charge in [-0.05, 0) is 53.6 Å². The van der Waals surface area contributed by atoms with E-state index >= 15 is 0 Å². The molecule has 0 unspecified atom stereocenters. The lowest BCUT2D eigenvalue weighted by Crippen LogP contribution is -2.24. The number of nitrogens with one attached hydrogen (secondary N) is 1. The summed E-state index contributed by atoms with van der Waals surface area (Å²) in [4.78, 5) is 13.2. The molecule has 3 N–H and O–H groups in total. The number of benzene rings is 2. The normalized spacial score (nSPS) is 13.4. The van der Waals surface area contributed by atoms with E-state index in [1.54, 1.807) is 36.0 Å². The number of carbonyl (C=O) groups excluding carboxylic acids is 1. The Morgan fingerprint density at radius 1 is 1.04 bits per heavy atom. The summed E-state index contributed by atoms with van der Waals surface area (Å²) in [6.07, 6.45) is 3.52. The van der Waals surface area contributed by atoms with Gasteiger partial charge in [-0.25, -0.2) is 13.6 Å². The van der Waals surface area contributed by atoms with E-state index in [1.807, 2.05) is 0 Å². The van der Waals surface area contributed by atoms with Crippen LogP contribution in [0.25, 0.3) is 0 Å². The van der Waals surface area contributed by atoms with Crippen molar-refractivity contribution in [3.05, 3.63) is 64.7 Å². The van der Waals surface area contributed by atoms with Gasteiger partial charge >= 0.3 is 0 Å². The summed E-state index contributed by atoms with van der Waals surface area (Å²) in [5.74, 6) is 0.170. The predicted octanol–water partition coefficient (Wildman–Crippen LogP) is 2.37. The number of fused-ring (bicyclic) bond motifs is 1. The smallest absolute Gasteiger partial charge is 0.230 e. The fraction of sp³-hybridized carbons (Fsp3) is 0.316. The second-order valence-corrected chi connectivity index (χ2v) is 9.14. The molecule has 0 saturated heterocycles. The van der Waals surface area contributed by atoms with Crippen LogP contribution < -0.4 is 10.5 Å². The van der Waals surface area contributed by atoms with Crippen molar-refractivity contribution in [3.63, 3.8) is 0 Å². The number of rotatable bonds is 7. The fourth-order valence-corrected chi connectivity index (χ4v) is 4.47. The monoisotopic (exact) mass is 390 g/mol. The molecule has 0 spiro atoms. The van der Waals surface area contributed by atoms with Crippen LogP contribution in [0.5, 0.6) is 0 Å². The highest BCUT2D eigenvalue weighted by atomic mass is 32.2. The van der Waals surface area contributed by atoms with Crippen LogP contribution in [0.15, 0.2) is 47.4 Å². The summed E-state index contributed by atoms with van der Waals surface area (Å²) >= 11 is 1.55. The number of hydrogen-bond donors (Lipinski definition) is 2. The summed E-state index contributed by atoms with van der Waals surface area (Å²) in [6, 6.07) is 13.5. The van der Waals surface area contributed by atoms with E-state index in [9.17, 15) is 13.2 Å². The molecule has 1 amide bonds. The highest BCUT2D eigenvalue weighted by Gasteiger charge is 2.11. The third-order valence-corrected chi connectivity index (χ3v) is 6.05. The first-order valence-corrected chi connectivity index (χ1v) is 11.2. The van der Waals surface area contributed by atoms with Crippen molar-refractivity contribution in [1.29, 1.82) is 0 Å². The van der Waals surface area contributed by atoms with Crippen LogP contribution in [-0.2, 0) is 40.0 Å². The molecule has 0 bridgehead atoms. The largest absolute Gasteiger partial charge is 0.351 e. The summed E-state index contributed by atoms with van der Waals surface area (Å²) < 4.78 is 22.1. The molecule has 5 nitrogen and oxygen atoms in total. The van der Waals surface area contributed by atoms with Crippen LogP contribution >= 0.6 is 11.8 Å². The van der Waals surface area contributed by atoms with Gasteiger partial charge in [0.2, 0.25) is 15.9 Å². The Labute approximate surface area is 158 Å². The zero-order valence-electron chi connectivity index (χ0n) is 14.4. The quantitative estimate of drug-likeness (QED) is 0.711. The number of nitrogens with two attached hydrogens (primary N) is 1. The number of amides is 1. The van der Waals surface area contributed by atoms with Crippen molar-refractivity contribution in [3.8, 4) is 0 Å². The Hall–Kier alpha value is -1.83. The predicted molar refractivity (Wildman–Crippen MR) is 104 cm³/mol. The number of thioether (sulfide) groups is 1. The topological polar surface area (TPSA) is 89.3 Å². The first-order valence-electron chi connectivity index (χ1n) is 8.49. The first kappa shape index (κ1) is 18.9. The minimum Gasteiger partial charge on any atom is -0.351 e. The minimum absolute atomic E-state index is 0.0240. The number of sulfonamides is 1. The average Bonchev–Trinajstić information content (AvgIpc) is 3.05. The minimum atomic E-state index is -3.53. The molecule has 0 fully saturated rings. The Morgan fingerprint density at radius 3 is 2.46 bits per heavy atom. The number of carbonyl (C=O) groups is 1. The van der Waals surface area contributed by atoms with Crippen molar-refractivity contribution < 1.29 is 13.2 Å². The SMILES string of the molecule is NS(=O)(=O)Cc1ccc(CNC(=O)CSc2ccc3c(c2)CCC3)cc1. The molecule has 0 atom stereocenters. The highest BCUT2D eigenvalue weighted by Crippen LogP contribution is 2.27. The third-order valence-electron chi connectivity index (χ3n) is 4.32. The summed E-state index contributed by atoms with van der Waals surface area (Å²) in [5.41, 5.74) is 4.40. The van der Waals surface area contributed by atoms with Gasteiger partial charge in [-0.15, -0.1) is 11.8 Å². The van der Waals surface area contributed by atoms with Crippen LogP contribution in [0.3, 0.4) is 0 Å².